The van der Waals surface area contributed by atoms with E-state index in [1.807, 2.05) is 22.2 Å². The summed E-state index contributed by atoms with van der Waals surface area (Å²) in [7, 11) is 1.78. The van der Waals surface area contributed by atoms with E-state index in [0.717, 1.165) is 5.56 Å². The van der Waals surface area contributed by atoms with Crippen molar-refractivity contribution in [2.45, 2.75) is 13.0 Å². The Hall–Kier alpha value is -1.66. The first kappa shape index (κ1) is 14.7. The van der Waals surface area contributed by atoms with Crippen LogP contribution in [0.2, 0.25) is 0 Å². The average molecular weight is 308 g/mol. The number of carbonyl (C=O) groups excluding carboxylic acids is 2. The first-order chi connectivity index (χ1) is 9.66. The lowest BCUT2D eigenvalue weighted by atomic mass is 10.3. The van der Waals surface area contributed by atoms with Crippen molar-refractivity contribution in [2.24, 2.45) is 0 Å². The topological polar surface area (TPSA) is 49.4 Å². The number of nitrogens with zero attached hydrogens (tertiary/aromatic N) is 1. The first-order valence-electron chi connectivity index (χ1n) is 6.22. The zero-order chi connectivity index (χ0) is 14.4. The molecule has 20 heavy (non-hydrogen) atoms. The lowest BCUT2D eigenvalue weighted by molar-refractivity contribution is -0.130. The summed E-state index contributed by atoms with van der Waals surface area (Å²) < 4.78 is 0. The average Bonchev–Trinajstić information content (AvgIpc) is 3.11. The molecule has 0 spiro atoms. The lowest BCUT2D eigenvalue weighted by Crippen LogP contribution is -2.31. The maximum absolute atomic E-state index is 11.9. The van der Waals surface area contributed by atoms with Crippen LogP contribution in [0, 0.1) is 0 Å². The van der Waals surface area contributed by atoms with Crippen molar-refractivity contribution in [3.8, 4) is 0 Å². The Kier molecular flexibility index (Phi) is 5.31. The summed E-state index contributed by atoms with van der Waals surface area (Å²) in [5.74, 6) is -0.0960. The molecule has 4 nitrogen and oxygen atoms in total. The van der Waals surface area contributed by atoms with Crippen molar-refractivity contribution in [1.29, 1.82) is 0 Å². The summed E-state index contributed by atoms with van der Waals surface area (Å²) in [6.45, 7) is 0.975. The van der Waals surface area contributed by atoms with E-state index >= 15 is 0 Å². The maximum Gasteiger partial charge on any atom is 0.252 e. The molecule has 2 aromatic heterocycles. The van der Waals surface area contributed by atoms with Gasteiger partial charge in [-0.2, -0.15) is 22.7 Å². The summed E-state index contributed by atoms with van der Waals surface area (Å²) in [6, 6.07) is 3.78. The van der Waals surface area contributed by atoms with E-state index in [0.29, 0.717) is 25.1 Å². The summed E-state index contributed by atoms with van der Waals surface area (Å²) in [5.41, 5.74) is 1.78. The van der Waals surface area contributed by atoms with Gasteiger partial charge < -0.3 is 10.2 Å². The molecule has 0 atom stereocenters. The van der Waals surface area contributed by atoms with Gasteiger partial charge in [0.15, 0.2) is 0 Å². The molecule has 2 heterocycles. The number of thiophene rings is 2. The summed E-state index contributed by atoms with van der Waals surface area (Å²) in [6.07, 6.45) is 0.316. The monoisotopic (exact) mass is 308 g/mol. The number of rotatable bonds is 6. The Labute approximate surface area is 126 Å². The molecule has 2 rings (SSSR count). The van der Waals surface area contributed by atoms with Crippen molar-refractivity contribution < 1.29 is 9.59 Å². The third-order valence-corrected chi connectivity index (χ3v) is 4.25. The van der Waals surface area contributed by atoms with E-state index in [1.165, 1.54) is 11.3 Å². The van der Waals surface area contributed by atoms with Crippen LogP contribution in [0.4, 0.5) is 0 Å². The van der Waals surface area contributed by atoms with Crippen LogP contribution in [0.25, 0.3) is 0 Å². The van der Waals surface area contributed by atoms with Gasteiger partial charge in [0.1, 0.15) is 0 Å². The lowest BCUT2D eigenvalue weighted by Gasteiger charge is -2.16. The molecular weight excluding hydrogens is 292 g/mol. The second kappa shape index (κ2) is 7.21. The van der Waals surface area contributed by atoms with Gasteiger partial charge in [-0.05, 0) is 33.8 Å². The smallest absolute Gasteiger partial charge is 0.252 e. The molecule has 0 aliphatic rings. The van der Waals surface area contributed by atoms with E-state index < -0.39 is 0 Å². The molecule has 0 aliphatic heterocycles. The fourth-order valence-corrected chi connectivity index (χ4v) is 3.01. The van der Waals surface area contributed by atoms with Crippen molar-refractivity contribution in [2.75, 3.05) is 13.6 Å². The summed E-state index contributed by atoms with van der Waals surface area (Å²) in [5, 5.41) is 10.4. The first-order valence-corrected chi connectivity index (χ1v) is 8.11. The fraction of sp³-hybridized carbons (Fsp3) is 0.286. The van der Waals surface area contributed by atoms with Gasteiger partial charge in [-0.15, -0.1) is 0 Å². The maximum atomic E-state index is 11.9. The highest BCUT2D eigenvalue weighted by Gasteiger charge is 2.11. The molecule has 0 saturated heterocycles. The molecule has 6 heteroatoms. The molecule has 106 valence electrons. The number of hydrogen-bond donors (Lipinski definition) is 1. The fourth-order valence-electron chi connectivity index (χ4n) is 1.71. The van der Waals surface area contributed by atoms with Crippen molar-refractivity contribution in [1.82, 2.24) is 10.2 Å². The third-order valence-electron chi connectivity index (χ3n) is 2.83. The normalized spacial score (nSPS) is 10.2. The molecule has 0 saturated carbocycles. The molecule has 0 aliphatic carbocycles. The van der Waals surface area contributed by atoms with Gasteiger partial charge in [-0.1, -0.05) is 0 Å². The highest BCUT2D eigenvalue weighted by Crippen LogP contribution is 2.09. The molecule has 0 unspecified atom stereocenters. The van der Waals surface area contributed by atoms with Gasteiger partial charge in [0, 0.05) is 37.5 Å². The third kappa shape index (κ3) is 4.18. The van der Waals surface area contributed by atoms with Crippen molar-refractivity contribution >= 4 is 34.5 Å². The largest absolute Gasteiger partial charge is 0.351 e. The predicted molar refractivity (Wildman–Crippen MR) is 82.1 cm³/mol. The Bertz CT molecular complexity index is 550. The zero-order valence-electron chi connectivity index (χ0n) is 11.2. The van der Waals surface area contributed by atoms with Gasteiger partial charge in [-0.3, -0.25) is 9.59 Å². The van der Waals surface area contributed by atoms with E-state index in [9.17, 15) is 9.59 Å². The van der Waals surface area contributed by atoms with Gasteiger partial charge in [0.25, 0.3) is 5.91 Å². The van der Waals surface area contributed by atoms with E-state index in [2.05, 4.69) is 5.32 Å². The minimum absolute atomic E-state index is 0.0295. The van der Waals surface area contributed by atoms with Crippen LogP contribution >= 0.6 is 22.7 Å². The Balaban J connectivity index is 1.71. The SMILES string of the molecule is CN(Cc1ccsc1)C(=O)CCNC(=O)c1ccsc1. The molecule has 0 fully saturated rings. The minimum atomic E-state index is -0.125. The molecule has 0 radical (unpaired) electrons. The van der Waals surface area contributed by atoms with Gasteiger partial charge >= 0.3 is 0 Å². The van der Waals surface area contributed by atoms with E-state index in [-0.39, 0.29) is 11.8 Å². The standard InChI is InChI=1S/C14H16N2O2S2/c1-16(8-11-3-6-19-9-11)13(17)2-5-15-14(18)12-4-7-20-10-12/h3-4,6-7,9-10H,2,5,8H2,1H3,(H,15,18). The Morgan fingerprint density at radius 2 is 1.95 bits per heavy atom. The quantitative estimate of drug-likeness (QED) is 0.891. The molecule has 0 bridgehead atoms. The van der Waals surface area contributed by atoms with Crippen molar-refractivity contribution in [3.63, 3.8) is 0 Å². The van der Waals surface area contributed by atoms with E-state index in [1.54, 1.807) is 34.7 Å². The second-order valence-electron chi connectivity index (χ2n) is 4.40. The van der Waals surface area contributed by atoms with Gasteiger partial charge in [-0.25, -0.2) is 0 Å². The van der Waals surface area contributed by atoms with Gasteiger partial charge in [0.2, 0.25) is 5.91 Å². The Morgan fingerprint density at radius 3 is 2.60 bits per heavy atom. The van der Waals surface area contributed by atoms with Crippen LogP contribution in [0.3, 0.4) is 0 Å². The molecule has 0 aromatic carbocycles. The van der Waals surface area contributed by atoms with Gasteiger partial charge in [0.05, 0.1) is 0 Å². The minimum Gasteiger partial charge on any atom is -0.351 e. The molecular formula is C14H16N2O2S2. The van der Waals surface area contributed by atoms with Crippen molar-refractivity contribution in [3.05, 3.63) is 44.8 Å². The number of amides is 2. The number of hydrogen-bond acceptors (Lipinski definition) is 4. The van der Waals surface area contributed by atoms with Crippen LogP contribution in [0.1, 0.15) is 22.3 Å². The van der Waals surface area contributed by atoms with Crippen LogP contribution in [-0.2, 0) is 11.3 Å². The Morgan fingerprint density at radius 1 is 1.20 bits per heavy atom. The van der Waals surface area contributed by atoms with E-state index in [4.69, 9.17) is 0 Å². The highest BCUT2D eigenvalue weighted by atomic mass is 32.1. The zero-order valence-corrected chi connectivity index (χ0v) is 12.8. The molecule has 2 amide bonds. The van der Waals surface area contributed by atoms with Crippen LogP contribution < -0.4 is 5.32 Å². The highest BCUT2D eigenvalue weighted by molar-refractivity contribution is 7.08. The van der Waals surface area contributed by atoms with Crippen LogP contribution in [0.15, 0.2) is 33.7 Å². The van der Waals surface area contributed by atoms with Crippen LogP contribution in [0.5, 0.6) is 0 Å². The van der Waals surface area contributed by atoms with Crippen LogP contribution in [-0.4, -0.2) is 30.3 Å². The summed E-state index contributed by atoms with van der Waals surface area (Å²) in [4.78, 5) is 25.3. The predicted octanol–water partition coefficient (Wildman–Crippen LogP) is 2.59. The number of carbonyl (C=O) groups is 2. The molecule has 1 N–H and O–H groups in total. The second-order valence-corrected chi connectivity index (χ2v) is 5.96. The number of nitrogens with one attached hydrogen (secondary N) is 1. The summed E-state index contributed by atoms with van der Waals surface area (Å²) >= 11 is 3.10. The molecule has 2 aromatic rings.